The zero-order chi connectivity index (χ0) is 16.8. The van der Waals surface area contributed by atoms with Crippen molar-refractivity contribution in [2.45, 2.75) is 6.10 Å². The maximum Gasteiger partial charge on any atom is 0.212 e. The Labute approximate surface area is 140 Å². The number of aliphatic hydroxyl groups is 1. The molecule has 2 heterocycles. The van der Waals surface area contributed by atoms with Gasteiger partial charge in [0.1, 0.15) is 12.1 Å². The van der Waals surface area contributed by atoms with Gasteiger partial charge in [0.05, 0.1) is 18.9 Å². The highest BCUT2D eigenvalue weighted by Gasteiger charge is 2.08. The molecule has 0 saturated carbocycles. The Kier molecular flexibility index (Phi) is 4.98. The monoisotopic (exact) mass is 322 g/mol. The zero-order valence-corrected chi connectivity index (χ0v) is 13.3. The van der Waals surface area contributed by atoms with Crippen LogP contribution in [-0.2, 0) is 0 Å². The van der Waals surface area contributed by atoms with Crippen molar-refractivity contribution in [1.82, 2.24) is 15.0 Å². The minimum Gasteiger partial charge on any atom is -0.481 e. The average molecular weight is 322 g/mol. The molecule has 6 nitrogen and oxygen atoms in total. The van der Waals surface area contributed by atoms with Crippen LogP contribution >= 0.6 is 0 Å². The van der Waals surface area contributed by atoms with Crippen LogP contribution in [0, 0.1) is 0 Å². The molecule has 0 amide bonds. The fourth-order valence-corrected chi connectivity index (χ4v) is 2.26. The molecule has 0 aliphatic carbocycles. The van der Waals surface area contributed by atoms with E-state index in [9.17, 15) is 5.11 Å². The molecule has 0 aliphatic heterocycles. The lowest BCUT2D eigenvalue weighted by Gasteiger charge is -2.13. The quantitative estimate of drug-likeness (QED) is 0.726. The molecule has 6 heteroatoms. The van der Waals surface area contributed by atoms with Crippen LogP contribution in [0.5, 0.6) is 5.88 Å². The summed E-state index contributed by atoms with van der Waals surface area (Å²) in [6.45, 7) is 0.362. The Morgan fingerprint density at radius 3 is 2.62 bits per heavy atom. The van der Waals surface area contributed by atoms with Crippen molar-refractivity contribution in [1.29, 1.82) is 0 Å². The third-order valence-electron chi connectivity index (χ3n) is 3.57. The minimum atomic E-state index is -0.604. The van der Waals surface area contributed by atoms with Gasteiger partial charge in [-0.25, -0.2) is 15.0 Å². The van der Waals surface area contributed by atoms with E-state index in [2.05, 4.69) is 20.3 Å². The first-order chi connectivity index (χ1) is 11.8. The fraction of sp³-hybridized carbons (Fsp3) is 0.167. The Hall–Kier alpha value is -2.99. The number of ether oxygens (including phenoxy) is 1. The number of hydrogen-bond acceptors (Lipinski definition) is 6. The second-order valence-corrected chi connectivity index (χ2v) is 5.19. The highest BCUT2D eigenvalue weighted by atomic mass is 16.5. The lowest BCUT2D eigenvalue weighted by Crippen LogP contribution is -2.13. The van der Waals surface area contributed by atoms with E-state index in [1.54, 1.807) is 19.4 Å². The van der Waals surface area contributed by atoms with Gasteiger partial charge in [0.25, 0.3) is 0 Å². The summed E-state index contributed by atoms with van der Waals surface area (Å²) in [6, 6.07) is 15.0. The molecule has 0 bridgehead atoms. The van der Waals surface area contributed by atoms with E-state index < -0.39 is 6.10 Å². The van der Waals surface area contributed by atoms with Crippen molar-refractivity contribution in [3.05, 3.63) is 66.6 Å². The number of aromatic nitrogens is 3. The minimum absolute atomic E-state index is 0.362. The zero-order valence-electron chi connectivity index (χ0n) is 13.3. The predicted molar refractivity (Wildman–Crippen MR) is 91.7 cm³/mol. The lowest BCUT2D eigenvalue weighted by atomic mass is 10.1. The summed E-state index contributed by atoms with van der Waals surface area (Å²) in [5.41, 5.74) is 2.47. The Bertz CT molecular complexity index is 779. The van der Waals surface area contributed by atoms with Gasteiger partial charge in [0, 0.05) is 30.4 Å². The van der Waals surface area contributed by atoms with Crippen molar-refractivity contribution in [2.75, 3.05) is 19.0 Å². The number of benzene rings is 1. The maximum atomic E-state index is 10.2. The largest absolute Gasteiger partial charge is 0.481 e. The summed E-state index contributed by atoms with van der Waals surface area (Å²) in [5, 5.41) is 13.3. The smallest absolute Gasteiger partial charge is 0.212 e. The molecule has 1 aromatic carbocycles. The van der Waals surface area contributed by atoms with Gasteiger partial charge in [0.15, 0.2) is 0 Å². The number of nitrogens with one attached hydrogen (secondary N) is 1. The standard InChI is InChI=1S/C18H18N4O2/c1-24-18-8-7-14(10-20-18)15-9-17(22-12-21-15)19-11-16(23)13-5-3-2-4-6-13/h2-10,12,16,23H,11H2,1H3,(H,19,21,22)/t16-/m0/s1. The predicted octanol–water partition coefficient (Wildman–Crippen LogP) is 2.69. The number of methoxy groups -OCH3 is 1. The molecule has 122 valence electrons. The van der Waals surface area contributed by atoms with Crippen LogP contribution in [0.25, 0.3) is 11.3 Å². The lowest BCUT2D eigenvalue weighted by molar-refractivity contribution is 0.191. The number of nitrogens with zero attached hydrogens (tertiary/aromatic N) is 3. The highest BCUT2D eigenvalue weighted by molar-refractivity contribution is 5.61. The van der Waals surface area contributed by atoms with Crippen molar-refractivity contribution >= 4 is 5.82 Å². The summed E-state index contributed by atoms with van der Waals surface area (Å²) < 4.78 is 5.05. The molecule has 2 aromatic heterocycles. The van der Waals surface area contributed by atoms with E-state index in [1.807, 2.05) is 42.5 Å². The van der Waals surface area contributed by atoms with Crippen molar-refractivity contribution < 1.29 is 9.84 Å². The highest BCUT2D eigenvalue weighted by Crippen LogP contribution is 2.20. The molecule has 0 unspecified atom stereocenters. The first-order valence-corrected chi connectivity index (χ1v) is 7.55. The topological polar surface area (TPSA) is 80.2 Å². The molecule has 1 atom stereocenters. The van der Waals surface area contributed by atoms with Gasteiger partial charge in [-0.15, -0.1) is 0 Å². The van der Waals surface area contributed by atoms with E-state index in [1.165, 1.54) is 6.33 Å². The molecule has 3 rings (SSSR count). The Balaban J connectivity index is 1.68. The van der Waals surface area contributed by atoms with E-state index in [0.29, 0.717) is 18.2 Å². The molecule has 0 aliphatic rings. The first kappa shape index (κ1) is 15.9. The van der Waals surface area contributed by atoms with Crippen LogP contribution in [0.3, 0.4) is 0 Å². The molecule has 0 saturated heterocycles. The number of aliphatic hydroxyl groups excluding tert-OH is 1. The van der Waals surface area contributed by atoms with Gasteiger partial charge in [-0.2, -0.15) is 0 Å². The first-order valence-electron chi connectivity index (χ1n) is 7.55. The molecular formula is C18H18N4O2. The average Bonchev–Trinajstić information content (AvgIpc) is 2.67. The van der Waals surface area contributed by atoms with Crippen LogP contribution in [0.4, 0.5) is 5.82 Å². The molecule has 24 heavy (non-hydrogen) atoms. The van der Waals surface area contributed by atoms with E-state index in [-0.39, 0.29) is 0 Å². The van der Waals surface area contributed by atoms with Gasteiger partial charge in [-0.3, -0.25) is 0 Å². The van der Waals surface area contributed by atoms with Crippen LogP contribution in [-0.4, -0.2) is 33.7 Å². The number of anilines is 1. The SMILES string of the molecule is COc1ccc(-c2cc(NC[C@H](O)c3ccccc3)ncn2)cn1. The third-order valence-corrected chi connectivity index (χ3v) is 3.57. The van der Waals surface area contributed by atoms with Crippen molar-refractivity contribution in [2.24, 2.45) is 0 Å². The molecule has 3 aromatic rings. The molecule has 0 fully saturated rings. The third kappa shape index (κ3) is 3.85. The summed E-state index contributed by atoms with van der Waals surface area (Å²) in [7, 11) is 1.58. The van der Waals surface area contributed by atoms with E-state index in [4.69, 9.17) is 4.74 Å². The fourth-order valence-electron chi connectivity index (χ4n) is 2.26. The van der Waals surface area contributed by atoms with Crippen molar-refractivity contribution in [3.63, 3.8) is 0 Å². The van der Waals surface area contributed by atoms with E-state index in [0.717, 1.165) is 16.8 Å². The van der Waals surface area contributed by atoms with Crippen LogP contribution < -0.4 is 10.1 Å². The van der Waals surface area contributed by atoms with E-state index >= 15 is 0 Å². The molecule has 0 radical (unpaired) electrons. The van der Waals surface area contributed by atoms with Crippen LogP contribution in [0.15, 0.2) is 61.1 Å². The van der Waals surface area contributed by atoms with Gasteiger partial charge >= 0.3 is 0 Å². The Morgan fingerprint density at radius 1 is 1.08 bits per heavy atom. The maximum absolute atomic E-state index is 10.2. The molecule has 0 spiro atoms. The van der Waals surface area contributed by atoms with Gasteiger partial charge in [0.2, 0.25) is 5.88 Å². The summed E-state index contributed by atoms with van der Waals surface area (Å²) in [6.07, 6.45) is 2.58. The second kappa shape index (κ2) is 7.52. The Morgan fingerprint density at radius 2 is 1.92 bits per heavy atom. The summed E-state index contributed by atoms with van der Waals surface area (Å²) >= 11 is 0. The molecular weight excluding hydrogens is 304 g/mol. The van der Waals surface area contributed by atoms with Gasteiger partial charge in [-0.05, 0) is 11.6 Å². The van der Waals surface area contributed by atoms with Gasteiger partial charge < -0.3 is 15.2 Å². The number of pyridine rings is 1. The normalized spacial score (nSPS) is 11.8. The summed E-state index contributed by atoms with van der Waals surface area (Å²) in [4.78, 5) is 12.6. The number of rotatable bonds is 6. The van der Waals surface area contributed by atoms with Crippen LogP contribution in [0.2, 0.25) is 0 Å². The molecule has 2 N–H and O–H groups in total. The number of hydrogen-bond donors (Lipinski definition) is 2. The second-order valence-electron chi connectivity index (χ2n) is 5.19. The van der Waals surface area contributed by atoms with Gasteiger partial charge in [-0.1, -0.05) is 30.3 Å². The van der Waals surface area contributed by atoms with Crippen molar-refractivity contribution in [3.8, 4) is 17.1 Å². The summed E-state index contributed by atoms with van der Waals surface area (Å²) in [5.74, 6) is 1.20. The van der Waals surface area contributed by atoms with Crippen LogP contribution in [0.1, 0.15) is 11.7 Å².